The van der Waals surface area contributed by atoms with Gasteiger partial charge in [-0.05, 0) is 73.6 Å². The van der Waals surface area contributed by atoms with E-state index in [1.54, 1.807) is 0 Å². The number of aliphatic carboxylic acids is 1. The van der Waals surface area contributed by atoms with Gasteiger partial charge in [-0.3, -0.25) is 4.79 Å². The number of hydrogen-bond donors (Lipinski definition) is 1. The summed E-state index contributed by atoms with van der Waals surface area (Å²) in [7, 11) is 0. The van der Waals surface area contributed by atoms with Gasteiger partial charge in [-0.1, -0.05) is 57.3 Å². The van der Waals surface area contributed by atoms with Crippen LogP contribution in [0.4, 0.5) is 0 Å². The fraction of sp³-hybridized carbons (Fsp3) is 0.846. The van der Waals surface area contributed by atoms with Crippen molar-refractivity contribution in [2.24, 2.45) is 45.5 Å². The van der Waals surface area contributed by atoms with Crippen molar-refractivity contribution in [1.82, 2.24) is 0 Å². The lowest BCUT2D eigenvalue weighted by atomic mass is 9.52. The van der Waals surface area contributed by atoms with E-state index in [0.29, 0.717) is 19.3 Å². The van der Waals surface area contributed by atoms with Gasteiger partial charge in [0.1, 0.15) is 11.7 Å². The number of carboxylic acid groups (broad SMARTS) is 1. The zero-order valence-electron chi connectivity index (χ0n) is 20.7. The van der Waals surface area contributed by atoms with Gasteiger partial charge in [-0.15, -0.1) is 0 Å². The molecule has 0 aromatic heterocycles. The molecule has 1 N–H and O–H groups in total. The summed E-state index contributed by atoms with van der Waals surface area (Å²) in [5.74, 6) is -0.463. The summed E-state index contributed by atoms with van der Waals surface area (Å²) < 4.78 is 5.71. The number of carbonyl (C=O) groups is 2. The molecule has 3 aliphatic rings. The number of azide groups is 1. The highest BCUT2D eigenvalue weighted by atomic mass is 16.5. The molecule has 0 heterocycles. The quantitative estimate of drug-likeness (QED) is 0.0883. The lowest BCUT2D eigenvalue weighted by Crippen LogP contribution is -2.53. The second kappa shape index (κ2) is 10.6. The number of carbonyl (C=O) groups excluding carboxylic acids is 1. The van der Waals surface area contributed by atoms with Crippen molar-refractivity contribution in [2.45, 2.75) is 85.1 Å². The van der Waals surface area contributed by atoms with Crippen LogP contribution in [-0.4, -0.2) is 36.6 Å². The van der Waals surface area contributed by atoms with Gasteiger partial charge in [0.2, 0.25) is 0 Å². The summed E-state index contributed by atoms with van der Waals surface area (Å²) in [5, 5.41) is 14.7. The molecule has 7 atom stereocenters. The molecular weight excluding hydrogens is 418 g/mol. The van der Waals surface area contributed by atoms with Crippen LogP contribution in [0.2, 0.25) is 0 Å². The van der Waals surface area contributed by atoms with Crippen molar-refractivity contribution in [3.8, 4) is 0 Å². The van der Waals surface area contributed by atoms with E-state index in [4.69, 9.17) is 10.3 Å². The average molecular weight is 460 g/mol. The van der Waals surface area contributed by atoms with Crippen LogP contribution in [0.5, 0.6) is 0 Å². The van der Waals surface area contributed by atoms with Crippen molar-refractivity contribution in [3.63, 3.8) is 0 Å². The lowest BCUT2D eigenvalue weighted by molar-refractivity contribution is -0.160. The zero-order valence-corrected chi connectivity index (χ0v) is 20.7. The van der Waals surface area contributed by atoms with E-state index in [1.165, 1.54) is 0 Å². The van der Waals surface area contributed by atoms with Gasteiger partial charge < -0.3 is 14.6 Å². The molecule has 3 rings (SSSR count). The molecule has 0 radical (unpaired) electrons. The van der Waals surface area contributed by atoms with Crippen molar-refractivity contribution in [1.29, 1.82) is 0 Å². The number of allylic oxidation sites excluding steroid dienone is 1. The van der Waals surface area contributed by atoms with Gasteiger partial charge in [0, 0.05) is 29.6 Å². The fourth-order valence-electron chi connectivity index (χ4n) is 7.47. The Bertz CT molecular complexity index is 805. The zero-order chi connectivity index (χ0) is 24.2. The van der Waals surface area contributed by atoms with Crippen molar-refractivity contribution in [3.05, 3.63) is 22.1 Å². The molecule has 0 spiro atoms. The van der Waals surface area contributed by atoms with E-state index < -0.39 is 16.8 Å². The second-order valence-electron chi connectivity index (χ2n) is 10.9. The van der Waals surface area contributed by atoms with Crippen LogP contribution in [0.3, 0.4) is 0 Å². The number of unbranched alkanes of at least 4 members (excludes halogenated alkanes) is 2. The van der Waals surface area contributed by atoms with Crippen molar-refractivity contribution >= 4 is 12.3 Å². The summed E-state index contributed by atoms with van der Waals surface area (Å²) >= 11 is 0. The predicted octanol–water partition coefficient (Wildman–Crippen LogP) is 6.19. The highest BCUT2D eigenvalue weighted by Crippen LogP contribution is 2.70. The number of aldehydes is 1. The van der Waals surface area contributed by atoms with E-state index in [2.05, 4.69) is 29.9 Å². The minimum absolute atomic E-state index is 0.0798. The Hall–Kier alpha value is -1.85. The Labute approximate surface area is 198 Å². The minimum atomic E-state index is -1.13. The van der Waals surface area contributed by atoms with E-state index >= 15 is 0 Å². The van der Waals surface area contributed by atoms with Crippen molar-refractivity contribution < 1.29 is 19.4 Å². The molecule has 7 unspecified atom stereocenters. The standard InChI is InChI=1S/C26H41N3O4/c1-5-6-10-33-11-8-7-9-20-18(4)23(28-29-27)13-22(20)25(16-30)14-19-12-21(17(2)3)26(25,15-19)24(31)32/h12,16-20,22-23H,5-11,13-15H2,1-4H3,(H,31,32). The first-order valence-electron chi connectivity index (χ1n) is 12.8. The first kappa shape index (κ1) is 25.8. The van der Waals surface area contributed by atoms with Gasteiger partial charge >= 0.3 is 5.97 Å². The molecular formula is C26H41N3O4. The molecule has 7 nitrogen and oxygen atoms in total. The predicted molar refractivity (Wildman–Crippen MR) is 127 cm³/mol. The molecule has 2 fully saturated rings. The molecule has 0 amide bonds. The Morgan fingerprint density at radius 2 is 2.06 bits per heavy atom. The van der Waals surface area contributed by atoms with Gasteiger partial charge in [0.25, 0.3) is 0 Å². The first-order valence-corrected chi connectivity index (χ1v) is 12.8. The van der Waals surface area contributed by atoms with Crippen molar-refractivity contribution in [2.75, 3.05) is 13.2 Å². The van der Waals surface area contributed by atoms with E-state index in [9.17, 15) is 14.7 Å². The smallest absolute Gasteiger partial charge is 0.314 e. The van der Waals surface area contributed by atoms with E-state index in [-0.39, 0.29) is 35.6 Å². The largest absolute Gasteiger partial charge is 0.481 e. The molecule has 0 aromatic carbocycles. The SMILES string of the molecule is CCCCOCCCCC1C(C)C(N=[N+]=[N-])CC1C1(C=O)CC2C=C(C(C)C)C1(C(=O)O)C2. The molecule has 3 aliphatic carbocycles. The average Bonchev–Trinajstić information content (AvgIpc) is 3.43. The Morgan fingerprint density at radius 1 is 1.33 bits per heavy atom. The molecule has 0 saturated heterocycles. The Kier molecular flexibility index (Phi) is 8.28. The number of nitrogens with zero attached hydrogens (tertiary/aromatic N) is 3. The van der Waals surface area contributed by atoms with E-state index in [0.717, 1.165) is 57.2 Å². The van der Waals surface area contributed by atoms with Crippen LogP contribution in [0.25, 0.3) is 10.4 Å². The second-order valence-corrected chi connectivity index (χ2v) is 10.9. The molecule has 2 saturated carbocycles. The lowest BCUT2D eigenvalue weighted by Gasteiger charge is -2.48. The molecule has 33 heavy (non-hydrogen) atoms. The highest BCUT2D eigenvalue weighted by Gasteiger charge is 2.71. The molecule has 7 heteroatoms. The molecule has 184 valence electrons. The van der Waals surface area contributed by atoms with Gasteiger partial charge in [0.05, 0.1) is 0 Å². The van der Waals surface area contributed by atoms with Gasteiger partial charge in [-0.25, -0.2) is 0 Å². The van der Waals surface area contributed by atoms with Crippen LogP contribution < -0.4 is 0 Å². The van der Waals surface area contributed by atoms with Gasteiger partial charge in [-0.2, -0.15) is 0 Å². The molecule has 2 bridgehead atoms. The van der Waals surface area contributed by atoms with Gasteiger partial charge in [0.15, 0.2) is 0 Å². The maximum absolute atomic E-state index is 13.0. The number of ether oxygens (including phenoxy) is 1. The number of fused-ring (bicyclic) bond motifs is 2. The van der Waals surface area contributed by atoms with Crippen LogP contribution >= 0.6 is 0 Å². The summed E-state index contributed by atoms with van der Waals surface area (Å²) in [6, 6.07) is -0.195. The van der Waals surface area contributed by atoms with Crippen LogP contribution in [0.15, 0.2) is 16.8 Å². The van der Waals surface area contributed by atoms with Crippen LogP contribution in [-0.2, 0) is 14.3 Å². The monoisotopic (exact) mass is 459 g/mol. The summed E-state index contributed by atoms with van der Waals surface area (Å²) in [5.41, 5.74) is 8.00. The maximum Gasteiger partial charge on any atom is 0.314 e. The maximum atomic E-state index is 13.0. The fourth-order valence-corrected chi connectivity index (χ4v) is 7.47. The molecule has 0 aromatic rings. The Balaban J connectivity index is 1.88. The number of rotatable bonds is 13. The van der Waals surface area contributed by atoms with Crippen LogP contribution in [0, 0.1) is 40.4 Å². The summed E-state index contributed by atoms with van der Waals surface area (Å²) in [6.45, 7) is 9.84. The summed E-state index contributed by atoms with van der Waals surface area (Å²) in [4.78, 5) is 29.0. The highest BCUT2D eigenvalue weighted by molar-refractivity contribution is 5.88. The Morgan fingerprint density at radius 3 is 2.67 bits per heavy atom. The molecule has 0 aliphatic heterocycles. The number of hydrogen-bond acceptors (Lipinski definition) is 4. The van der Waals surface area contributed by atoms with E-state index in [1.807, 2.05) is 13.8 Å². The summed E-state index contributed by atoms with van der Waals surface area (Å²) in [6.07, 6.45) is 9.83. The topological polar surface area (TPSA) is 112 Å². The minimum Gasteiger partial charge on any atom is -0.481 e. The van der Waals surface area contributed by atoms with Crippen LogP contribution in [0.1, 0.15) is 79.1 Å². The third kappa shape index (κ3) is 4.35. The third-order valence-corrected chi connectivity index (χ3v) is 8.94. The third-order valence-electron chi connectivity index (χ3n) is 8.94. The number of carboxylic acids is 1. The first-order chi connectivity index (χ1) is 15.8. The normalized spacial score (nSPS) is 37.2.